The molecule has 0 spiro atoms. The third-order valence-electron chi connectivity index (χ3n) is 5.87. The van der Waals surface area contributed by atoms with E-state index in [0.29, 0.717) is 37.1 Å². The summed E-state index contributed by atoms with van der Waals surface area (Å²) in [4.78, 5) is 30.0. The lowest BCUT2D eigenvalue weighted by atomic mass is 10.1. The smallest absolute Gasteiger partial charge is 0.329 e. The highest BCUT2D eigenvalue weighted by atomic mass is 32.2. The first-order chi connectivity index (χ1) is 16.5. The van der Waals surface area contributed by atoms with Gasteiger partial charge in [0.2, 0.25) is 0 Å². The molecule has 2 aromatic heterocycles. The zero-order valence-electron chi connectivity index (χ0n) is 20.1. The van der Waals surface area contributed by atoms with Gasteiger partial charge in [-0.2, -0.15) is 0 Å². The van der Waals surface area contributed by atoms with Crippen LogP contribution in [0.4, 0.5) is 0 Å². The van der Waals surface area contributed by atoms with Crippen molar-refractivity contribution in [2.24, 2.45) is 5.92 Å². The Morgan fingerprint density at radius 3 is 2.35 bits per heavy atom. The van der Waals surface area contributed by atoms with Gasteiger partial charge in [-0.3, -0.25) is 13.9 Å². The maximum Gasteiger partial charge on any atom is 0.329 e. The average Bonchev–Trinajstić information content (AvgIpc) is 3.30. The minimum absolute atomic E-state index is 0.0552. The Balaban J connectivity index is 1.64. The number of ether oxygens (including phenoxy) is 1. The van der Waals surface area contributed by atoms with Crippen LogP contribution in [0.15, 0.2) is 53.3 Å². The van der Waals surface area contributed by atoms with E-state index in [2.05, 4.69) is 24.5 Å². The highest BCUT2D eigenvalue weighted by Crippen LogP contribution is 2.21. The van der Waals surface area contributed by atoms with Gasteiger partial charge in [0, 0.05) is 18.8 Å². The predicted octanol–water partition coefficient (Wildman–Crippen LogP) is 4.54. The Morgan fingerprint density at radius 2 is 1.65 bits per heavy atom. The number of esters is 1. The van der Waals surface area contributed by atoms with Crippen molar-refractivity contribution in [3.05, 3.63) is 64.8 Å². The lowest BCUT2D eigenvalue weighted by Gasteiger charge is -2.11. The van der Waals surface area contributed by atoms with E-state index in [1.807, 2.05) is 47.0 Å². The third-order valence-corrected chi connectivity index (χ3v) is 6.78. The van der Waals surface area contributed by atoms with Crippen molar-refractivity contribution in [1.29, 1.82) is 0 Å². The van der Waals surface area contributed by atoms with Crippen molar-refractivity contribution >= 4 is 39.8 Å². The first-order valence-electron chi connectivity index (χ1n) is 11.8. The number of rotatable bonds is 11. The van der Waals surface area contributed by atoms with Crippen molar-refractivity contribution in [3.8, 4) is 0 Å². The molecule has 0 amide bonds. The molecular formula is C26H32N4O3S. The molecule has 180 valence electrons. The highest BCUT2D eigenvalue weighted by molar-refractivity contribution is 7.99. The molecule has 0 aliphatic rings. The monoisotopic (exact) mass is 480 g/mol. The summed E-state index contributed by atoms with van der Waals surface area (Å²) in [5.41, 5.74) is 3.79. The quantitative estimate of drug-likeness (QED) is 0.233. The molecule has 7 nitrogen and oxygen atoms in total. The number of aromatic nitrogens is 4. The van der Waals surface area contributed by atoms with Crippen LogP contribution in [0.5, 0.6) is 0 Å². The Hall–Kier alpha value is -3.00. The molecule has 0 bridgehead atoms. The first kappa shape index (κ1) is 24.1. The number of nitrogens with zero attached hydrogens (tertiary/aromatic N) is 4. The first-order valence-corrected chi connectivity index (χ1v) is 13.0. The van der Waals surface area contributed by atoms with Crippen molar-refractivity contribution in [3.63, 3.8) is 0 Å². The molecule has 0 aliphatic heterocycles. The molecule has 0 N–H and O–H groups in total. The number of imidazole rings is 2. The second-order valence-corrected chi connectivity index (χ2v) is 9.82. The fourth-order valence-corrected chi connectivity index (χ4v) is 4.89. The number of thioether (sulfide) groups is 1. The van der Waals surface area contributed by atoms with Crippen LogP contribution in [0.3, 0.4) is 0 Å². The number of fused-ring (bicyclic) bond motifs is 2. The number of benzene rings is 2. The normalized spacial score (nSPS) is 11.6. The van der Waals surface area contributed by atoms with Gasteiger partial charge >= 0.3 is 11.7 Å². The second-order valence-electron chi connectivity index (χ2n) is 8.72. The number of hydrogen-bond acceptors (Lipinski definition) is 5. The molecule has 0 saturated heterocycles. The van der Waals surface area contributed by atoms with E-state index in [4.69, 9.17) is 9.72 Å². The van der Waals surface area contributed by atoms with E-state index in [0.717, 1.165) is 40.9 Å². The van der Waals surface area contributed by atoms with Gasteiger partial charge in [0.1, 0.15) is 5.82 Å². The maximum absolute atomic E-state index is 13.5. The number of aryl methyl sites for hydroxylation is 2. The lowest BCUT2D eigenvalue weighted by molar-refractivity contribution is -0.139. The van der Waals surface area contributed by atoms with E-state index < -0.39 is 0 Å². The molecule has 2 aromatic carbocycles. The summed E-state index contributed by atoms with van der Waals surface area (Å²) < 4.78 is 10.9. The summed E-state index contributed by atoms with van der Waals surface area (Å²) in [5.74, 6) is 2.19. The number of carbonyl (C=O) groups is 1. The topological polar surface area (TPSA) is 71.1 Å². The molecule has 8 heteroatoms. The summed E-state index contributed by atoms with van der Waals surface area (Å²) in [5, 5.41) is 0. The Morgan fingerprint density at radius 1 is 0.971 bits per heavy atom. The SMILES string of the molecule is CCOC(=O)CSCCn1c(=O)n(Cc2nc3ccccc3n2CCC(C)C)c2ccccc21. The molecule has 4 aromatic rings. The Labute approximate surface area is 203 Å². The molecule has 34 heavy (non-hydrogen) atoms. The van der Waals surface area contributed by atoms with E-state index in [-0.39, 0.29) is 11.7 Å². The van der Waals surface area contributed by atoms with E-state index in [1.54, 1.807) is 11.5 Å². The van der Waals surface area contributed by atoms with Gasteiger partial charge in [0.25, 0.3) is 0 Å². The summed E-state index contributed by atoms with van der Waals surface area (Å²) in [6, 6.07) is 16.0. The lowest BCUT2D eigenvalue weighted by Crippen LogP contribution is -2.26. The molecule has 0 saturated carbocycles. The predicted molar refractivity (Wildman–Crippen MR) is 138 cm³/mol. The zero-order valence-corrected chi connectivity index (χ0v) is 20.9. The minimum Gasteiger partial charge on any atom is -0.465 e. The van der Waals surface area contributed by atoms with Crippen LogP contribution < -0.4 is 5.69 Å². The molecule has 4 rings (SSSR count). The fraction of sp³-hybridized carbons (Fsp3) is 0.423. The fourth-order valence-electron chi connectivity index (χ4n) is 4.18. The highest BCUT2D eigenvalue weighted by Gasteiger charge is 2.17. The summed E-state index contributed by atoms with van der Waals surface area (Å²) in [6.07, 6.45) is 1.04. The van der Waals surface area contributed by atoms with Crippen LogP contribution in [-0.4, -0.2) is 42.8 Å². The third kappa shape index (κ3) is 5.22. The largest absolute Gasteiger partial charge is 0.465 e. The van der Waals surface area contributed by atoms with Crippen molar-refractivity contribution in [1.82, 2.24) is 18.7 Å². The molecule has 2 heterocycles. The molecule has 0 fully saturated rings. The van der Waals surface area contributed by atoms with Gasteiger partial charge in [-0.05, 0) is 43.5 Å². The van der Waals surface area contributed by atoms with Gasteiger partial charge in [-0.1, -0.05) is 38.1 Å². The van der Waals surface area contributed by atoms with Crippen molar-refractivity contribution in [2.75, 3.05) is 18.1 Å². The minimum atomic E-state index is -0.220. The van der Waals surface area contributed by atoms with Gasteiger partial charge in [-0.15, -0.1) is 11.8 Å². The Kier molecular flexibility index (Phi) is 7.77. The van der Waals surface area contributed by atoms with Crippen LogP contribution in [0.1, 0.15) is 33.0 Å². The van der Waals surface area contributed by atoms with Crippen LogP contribution in [0, 0.1) is 5.92 Å². The van der Waals surface area contributed by atoms with E-state index >= 15 is 0 Å². The van der Waals surface area contributed by atoms with Gasteiger partial charge < -0.3 is 9.30 Å². The van der Waals surface area contributed by atoms with Crippen molar-refractivity contribution < 1.29 is 9.53 Å². The molecular weight excluding hydrogens is 448 g/mol. The second kappa shape index (κ2) is 11.0. The number of para-hydroxylation sites is 4. The molecule has 0 radical (unpaired) electrons. The maximum atomic E-state index is 13.5. The van der Waals surface area contributed by atoms with E-state index in [1.165, 1.54) is 11.8 Å². The van der Waals surface area contributed by atoms with Gasteiger partial charge in [-0.25, -0.2) is 9.78 Å². The van der Waals surface area contributed by atoms with E-state index in [9.17, 15) is 9.59 Å². The molecule has 0 atom stereocenters. The van der Waals surface area contributed by atoms with Crippen LogP contribution in [0.25, 0.3) is 22.1 Å². The zero-order chi connectivity index (χ0) is 24.1. The average molecular weight is 481 g/mol. The van der Waals surface area contributed by atoms with Crippen LogP contribution in [-0.2, 0) is 29.2 Å². The summed E-state index contributed by atoms with van der Waals surface area (Å²) >= 11 is 1.48. The number of hydrogen-bond donors (Lipinski definition) is 0. The number of carbonyl (C=O) groups excluding carboxylic acids is 1. The van der Waals surface area contributed by atoms with Crippen molar-refractivity contribution in [2.45, 2.75) is 46.8 Å². The van der Waals surface area contributed by atoms with Crippen LogP contribution >= 0.6 is 11.8 Å². The van der Waals surface area contributed by atoms with Gasteiger partial charge in [0.15, 0.2) is 0 Å². The summed E-state index contributed by atoms with van der Waals surface area (Å²) in [6.45, 7) is 8.43. The standard InChI is InChI=1S/C26H32N4O3S/c1-4-33-25(31)18-34-16-15-29-22-11-7-8-12-23(22)30(26(29)32)17-24-27-20-9-5-6-10-21(20)28(24)14-13-19(2)3/h5-12,19H,4,13-18H2,1-3H3. The van der Waals surface area contributed by atoms with Gasteiger partial charge in [0.05, 0.1) is 41.0 Å². The molecule has 0 aliphatic carbocycles. The Bertz CT molecular complexity index is 1340. The van der Waals surface area contributed by atoms with Crippen LogP contribution in [0.2, 0.25) is 0 Å². The molecule has 0 unspecified atom stereocenters. The summed E-state index contributed by atoms with van der Waals surface area (Å²) in [7, 11) is 0.